The molecule has 1 fully saturated rings. The molecule has 1 N–H and O–H groups in total. The smallest absolute Gasteiger partial charge is 0.224 e. The Morgan fingerprint density at radius 1 is 1.67 bits per heavy atom. The Bertz CT molecular complexity index is 369. The highest BCUT2D eigenvalue weighted by Gasteiger charge is 2.29. The highest BCUT2D eigenvalue weighted by atomic mass is 35.5. The molecule has 1 amide bonds. The number of anilines is 1. The quantitative estimate of drug-likeness (QED) is 0.872. The molecule has 2 heterocycles. The standard InChI is InChI=1S/C8H11ClN4OS/c1-2-13-4-5(3-6(13)14)10-8-7(9)11-15-12-8/h5H,2-4H2,1H3,(H,10,12). The van der Waals surface area contributed by atoms with E-state index in [1.807, 2.05) is 11.8 Å². The average molecular weight is 247 g/mol. The minimum absolute atomic E-state index is 0.0962. The number of likely N-dealkylation sites (tertiary alicyclic amines) is 1. The third kappa shape index (κ3) is 2.21. The molecule has 1 aromatic heterocycles. The SMILES string of the molecule is CCN1CC(Nc2nsnc2Cl)CC1=O. The highest BCUT2D eigenvalue weighted by Crippen LogP contribution is 2.21. The second kappa shape index (κ2) is 4.32. The van der Waals surface area contributed by atoms with E-state index in [4.69, 9.17) is 11.6 Å². The summed E-state index contributed by atoms with van der Waals surface area (Å²) in [5.74, 6) is 0.756. The molecule has 2 rings (SSSR count). The molecule has 0 bridgehead atoms. The van der Waals surface area contributed by atoms with Gasteiger partial charge in [0.15, 0.2) is 11.0 Å². The van der Waals surface area contributed by atoms with Crippen LogP contribution in [0, 0.1) is 0 Å². The number of nitrogens with zero attached hydrogens (tertiary/aromatic N) is 3. The molecular formula is C8H11ClN4OS. The average Bonchev–Trinajstić information content (AvgIpc) is 2.75. The number of hydrogen-bond donors (Lipinski definition) is 1. The Balaban J connectivity index is 1.98. The van der Waals surface area contributed by atoms with Gasteiger partial charge in [-0.1, -0.05) is 11.6 Å². The molecule has 7 heteroatoms. The number of carbonyl (C=O) groups excluding carboxylic acids is 1. The minimum Gasteiger partial charge on any atom is -0.362 e. The van der Waals surface area contributed by atoms with E-state index in [0.717, 1.165) is 18.3 Å². The number of likely N-dealkylation sites (N-methyl/N-ethyl adjacent to an activating group) is 1. The fourth-order valence-electron chi connectivity index (χ4n) is 1.63. The van der Waals surface area contributed by atoms with Crippen molar-refractivity contribution in [3.05, 3.63) is 5.15 Å². The predicted octanol–water partition coefficient (Wildman–Crippen LogP) is 1.22. The predicted molar refractivity (Wildman–Crippen MR) is 59.2 cm³/mol. The number of amides is 1. The summed E-state index contributed by atoms with van der Waals surface area (Å²) in [6.45, 7) is 3.43. The molecule has 5 nitrogen and oxygen atoms in total. The molecule has 0 aliphatic carbocycles. The maximum Gasteiger partial charge on any atom is 0.224 e. The number of nitrogens with one attached hydrogen (secondary N) is 1. The molecule has 82 valence electrons. The van der Waals surface area contributed by atoms with E-state index < -0.39 is 0 Å². The third-order valence-electron chi connectivity index (χ3n) is 2.39. The molecule has 0 radical (unpaired) electrons. The molecule has 0 saturated carbocycles. The summed E-state index contributed by atoms with van der Waals surface area (Å²) in [5, 5.41) is 3.50. The van der Waals surface area contributed by atoms with Crippen LogP contribution in [0.5, 0.6) is 0 Å². The Morgan fingerprint density at radius 3 is 3.00 bits per heavy atom. The van der Waals surface area contributed by atoms with Crippen molar-refractivity contribution < 1.29 is 4.79 Å². The number of hydrogen-bond acceptors (Lipinski definition) is 5. The lowest BCUT2D eigenvalue weighted by Gasteiger charge is -2.14. The van der Waals surface area contributed by atoms with Gasteiger partial charge in [-0.05, 0) is 6.92 Å². The number of aromatic nitrogens is 2. The van der Waals surface area contributed by atoms with Gasteiger partial charge >= 0.3 is 0 Å². The van der Waals surface area contributed by atoms with E-state index in [1.165, 1.54) is 0 Å². The molecule has 1 saturated heterocycles. The summed E-state index contributed by atoms with van der Waals surface area (Å²) < 4.78 is 7.86. The first kappa shape index (κ1) is 10.6. The van der Waals surface area contributed by atoms with Gasteiger partial charge in [0.1, 0.15) is 0 Å². The van der Waals surface area contributed by atoms with Gasteiger partial charge in [-0.25, -0.2) is 0 Å². The van der Waals surface area contributed by atoms with Crippen LogP contribution < -0.4 is 5.32 Å². The summed E-state index contributed by atoms with van der Waals surface area (Å²) >= 11 is 6.86. The summed E-state index contributed by atoms with van der Waals surface area (Å²) in [6.07, 6.45) is 0.502. The molecule has 1 aromatic rings. The minimum atomic E-state index is 0.0962. The Kier molecular flexibility index (Phi) is 3.06. The summed E-state index contributed by atoms with van der Waals surface area (Å²) in [6, 6.07) is 0.0962. The molecule has 0 aromatic carbocycles. The van der Waals surface area contributed by atoms with Gasteiger partial charge in [-0.15, -0.1) is 0 Å². The van der Waals surface area contributed by atoms with E-state index >= 15 is 0 Å². The zero-order valence-electron chi connectivity index (χ0n) is 8.23. The van der Waals surface area contributed by atoms with Crippen LogP contribution in [-0.4, -0.2) is 38.7 Å². The largest absolute Gasteiger partial charge is 0.362 e. The van der Waals surface area contributed by atoms with Crippen LogP contribution in [0.25, 0.3) is 0 Å². The second-order valence-corrected chi connectivity index (χ2v) is 4.27. The molecular weight excluding hydrogens is 236 g/mol. The lowest BCUT2D eigenvalue weighted by Crippen LogP contribution is -2.27. The van der Waals surface area contributed by atoms with E-state index in [2.05, 4.69) is 14.1 Å². The fraction of sp³-hybridized carbons (Fsp3) is 0.625. The van der Waals surface area contributed by atoms with Gasteiger partial charge in [-0.2, -0.15) is 8.75 Å². The summed E-state index contributed by atoms with van der Waals surface area (Å²) in [5.41, 5.74) is 0. The maximum atomic E-state index is 11.4. The first-order valence-electron chi connectivity index (χ1n) is 4.73. The van der Waals surface area contributed by atoms with E-state index in [0.29, 0.717) is 23.9 Å². The van der Waals surface area contributed by atoms with Gasteiger partial charge < -0.3 is 10.2 Å². The second-order valence-electron chi connectivity index (χ2n) is 3.38. The van der Waals surface area contributed by atoms with Crippen molar-refractivity contribution in [3.8, 4) is 0 Å². The Hall–Kier alpha value is -0.880. The molecule has 15 heavy (non-hydrogen) atoms. The van der Waals surface area contributed by atoms with Crippen molar-refractivity contribution in [2.45, 2.75) is 19.4 Å². The summed E-state index contributed by atoms with van der Waals surface area (Å²) in [7, 11) is 0. The molecule has 0 spiro atoms. The van der Waals surface area contributed by atoms with Crippen molar-refractivity contribution >= 4 is 35.1 Å². The fourth-order valence-corrected chi connectivity index (χ4v) is 2.29. The van der Waals surface area contributed by atoms with Crippen LogP contribution in [-0.2, 0) is 4.79 Å². The van der Waals surface area contributed by atoms with Gasteiger partial charge in [-0.3, -0.25) is 4.79 Å². The van der Waals surface area contributed by atoms with Crippen LogP contribution in [0.15, 0.2) is 0 Å². The van der Waals surface area contributed by atoms with Gasteiger partial charge in [0.05, 0.1) is 17.8 Å². The van der Waals surface area contributed by atoms with E-state index in [1.54, 1.807) is 0 Å². The lowest BCUT2D eigenvalue weighted by atomic mass is 10.2. The van der Waals surface area contributed by atoms with E-state index in [9.17, 15) is 4.79 Å². The highest BCUT2D eigenvalue weighted by molar-refractivity contribution is 6.99. The van der Waals surface area contributed by atoms with Crippen molar-refractivity contribution in [2.24, 2.45) is 0 Å². The van der Waals surface area contributed by atoms with E-state index in [-0.39, 0.29) is 11.9 Å². The molecule has 1 aliphatic heterocycles. The van der Waals surface area contributed by atoms with Gasteiger partial charge in [0.25, 0.3) is 0 Å². The first-order valence-corrected chi connectivity index (χ1v) is 5.84. The number of carbonyl (C=O) groups is 1. The van der Waals surface area contributed by atoms with Gasteiger partial charge in [0.2, 0.25) is 5.91 Å². The lowest BCUT2D eigenvalue weighted by molar-refractivity contribution is -0.127. The first-order chi connectivity index (χ1) is 7.20. The topological polar surface area (TPSA) is 58.1 Å². The number of halogens is 1. The van der Waals surface area contributed by atoms with Crippen LogP contribution in [0.2, 0.25) is 5.15 Å². The maximum absolute atomic E-state index is 11.4. The van der Waals surface area contributed by atoms with Crippen molar-refractivity contribution in [1.82, 2.24) is 13.6 Å². The Labute approximate surface area is 96.8 Å². The summed E-state index contributed by atoms with van der Waals surface area (Å²) in [4.78, 5) is 13.3. The zero-order valence-corrected chi connectivity index (χ0v) is 9.81. The Morgan fingerprint density at radius 2 is 2.47 bits per heavy atom. The normalized spacial score (nSPS) is 21.1. The van der Waals surface area contributed by atoms with Crippen LogP contribution >= 0.6 is 23.3 Å². The van der Waals surface area contributed by atoms with Crippen LogP contribution in [0.3, 0.4) is 0 Å². The number of rotatable bonds is 3. The van der Waals surface area contributed by atoms with Crippen molar-refractivity contribution in [3.63, 3.8) is 0 Å². The van der Waals surface area contributed by atoms with Crippen LogP contribution in [0.4, 0.5) is 5.82 Å². The third-order valence-corrected chi connectivity index (χ3v) is 3.28. The molecule has 1 atom stereocenters. The zero-order chi connectivity index (χ0) is 10.8. The van der Waals surface area contributed by atoms with Gasteiger partial charge in [0, 0.05) is 19.5 Å². The van der Waals surface area contributed by atoms with Crippen molar-refractivity contribution in [2.75, 3.05) is 18.4 Å². The van der Waals surface area contributed by atoms with Crippen molar-refractivity contribution in [1.29, 1.82) is 0 Å². The molecule has 1 unspecified atom stereocenters. The molecule has 1 aliphatic rings. The van der Waals surface area contributed by atoms with Crippen LogP contribution in [0.1, 0.15) is 13.3 Å². The monoisotopic (exact) mass is 246 g/mol.